The Morgan fingerprint density at radius 3 is 2.47 bits per heavy atom. The molecular formula is C13H13ClN2O. The van der Waals surface area contributed by atoms with Crippen molar-refractivity contribution < 1.29 is 4.42 Å². The van der Waals surface area contributed by atoms with Crippen LogP contribution < -0.4 is 5.73 Å². The highest BCUT2D eigenvalue weighted by Gasteiger charge is 2.02. The average Bonchev–Trinajstić information content (AvgIpc) is 2.77. The molecule has 1 heterocycles. The number of halogens is 1. The molecule has 0 aliphatic heterocycles. The normalized spacial score (nSPS) is 11.8. The van der Waals surface area contributed by atoms with Crippen LogP contribution in [0.4, 0.5) is 5.69 Å². The van der Waals surface area contributed by atoms with E-state index in [4.69, 9.17) is 21.8 Å². The second-order valence-electron chi connectivity index (χ2n) is 3.69. The number of alkyl halides is 1. The first-order valence-electron chi connectivity index (χ1n) is 5.25. The van der Waals surface area contributed by atoms with Crippen molar-refractivity contribution in [2.75, 3.05) is 5.88 Å². The van der Waals surface area contributed by atoms with Crippen molar-refractivity contribution in [1.29, 1.82) is 0 Å². The van der Waals surface area contributed by atoms with E-state index in [-0.39, 0.29) is 5.88 Å². The van der Waals surface area contributed by atoms with Crippen molar-refractivity contribution in [2.24, 2.45) is 10.7 Å². The first-order chi connectivity index (χ1) is 8.19. The lowest BCUT2D eigenvalue weighted by atomic mass is 10.1. The fraction of sp³-hybridized carbons (Fsp3) is 0.154. The summed E-state index contributed by atoms with van der Waals surface area (Å²) < 4.78 is 5.53. The van der Waals surface area contributed by atoms with Crippen LogP contribution in [-0.4, -0.2) is 11.7 Å². The number of hydrogen-bond acceptors (Lipinski definition) is 2. The molecular weight excluding hydrogens is 236 g/mol. The predicted molar refractivity (Wildman–Crippen MR) is 70.9 cm³/mol. The maximum atomic E-state index is 5.56. The fourth-order valence-electron chi connectivity index (χ4n) is 1.49. The molecule has 0 amide bonds. The Morgan fingerprint density at radius 2 is 1.94 bits per heavy atom. The van der Waals surface area contributed by atoms with E-state index in [1.807, 2.05) is 43.3 Å². The third-order valence-corrected chi connectivity index (χ3v) is 2.58. The van der Waals surface area contributed by atoms with Gasteiger partial charge < -0.3 is 10.2 Å². The van der Waals surface area contributed by atoms with E-state index >= 15 is 0 Å². The SMILES string of the molecule is Cc1ccc(-c2ccc(N=C(N)CCl)cc2)o1. The molecule has 2 N–H and O–H groups in total. The third kappa shape index (κ3) is 2.88. The minimum Gasteiger partial charge on any atom is -0.461 e. The second-order valence-corrected chi connectivity index (χ2v) is 3.96. The summed E-state index contributed by atoms with van der Waals surface area (Å²) >= 11 is 5.56. The lowest BCUT2D eigenvalue weighted by molar-refractivity contribution is 0.548. The second kappa shape index (κ2) is 5.06. The lowest BCUT2D eigenvalue weighted by Gasteiger charge is -1.99. The van der Waals surface area contributed by atoms with Crippen molar-refractivity contribution in [2.45, 2.75) is 6.92 Å². The van der Waals surface area contributed by atoms with Crippen molar-refractivity contribution >= 4 is 23.1 Å². The summed E-state index contributed by atoms with van der Waals surface area (Å²) in [6, 6.07) is 11.5. The smallest absolute Gasteiger partial charge is 0.134 e. The number of hydrogen-bond donors (Lipinski definition) is 1. The Morgan fingerprint density at radius 1 is 1.24 bits per heavy atom. The highest BCUT2D eigenvalue weighted by molar-refractivity contribution is 6.28. The summed E-state index contributed by atoms with van der Waals surface area (Å²) in [5.74, 6) is 2.39. The van der Waals surface area contributed by atoms with E-state index in [1.165, 1.54) is 0 Å². The van der Waals surface area contributed by atoms with E-state index in [0.29, 0.717) is 5.84 Å². The monoisotopic (exact) mass is 248 g/mol. The van der Waals surface area contributed by atoms with Crippen LogP contribution in [-0.2, 0) is 0 Å². The van der Waals surface area contributed by atoms with Crippen LogP contribution in [0.3, 0.4) is 0 Å². The van der Waals surface area contributed by atoms with Gasteiger partial charge in [0.15, 0.2) is 0 Å². The van der Waals surface area contributed by atoms with Gasteiger partial charge in [0.05, 0.1) is 11.6 Å². The molecule has 0 saturated heterocycles. The quantitative estimate of drug-likeness (QED) is 0.514. The van der Waals surface area contributed by atoms with Crippen molar-refractivity contribution in [3.05, 3.63) is 42.2 Å². The number of rotatable bonds is 3. The fourth-order valence-corrected chi connectivity index (χ4v) is 1.55. The molecule has 88 valence electrons. The predicted octanol–water partition coefficient (Wildman–Crippen LogP) is 3.48. The summed E-state index contributed by atoms with van der Waals surface area (Å²) in [6.45, 7) is 1.92. The number of nitrogens with two attached hydrogens (primary N) is 1. The molecule has 0 unspecified atom stereocenters. The van der Waals surface area contributed by atoms with Gasteiger partial charge in [-0.25, -0.2) is 4.99 Å². The summed E-state index contributed by atoms with van der Waals surface area (Å²) in [6.07, 6.45) is 0. The van der Waals surface area contributed by atoms with E-state index in [1.54, 1.807) is 0 Å². The molecule has 2 rings (SSSR count). The Bertz CT molecular complexity index is 529. The van der Waals surface area contributed by atoms with Gasteiger partial charge >= 0.3 is 0 Å². The molecule has 2 aromatic rings. The molecule has 1 aromatic carbocycles. The number of aliphatic imine (C=N–C) groups is 1. The molecule has 0 bridgehead atoms. The molecule has 0 fully saturated rings. The summed E-state index contributed by atoms with van der Waals surface area (Å²) in [7, 11) is 0. The van der Waals surface area contributed by atoms with Crippen LogP contribution >= 0.6 is 11.6 Å². The molecule has 0 aliphatic carbocycles. The average molecular weight is 249 g/mol. The summed E-state index contributed by atoms with van der Waals surface area (Å²) in [5, 5.41) is 0. The topological polar surface area (TPSA) is 51.5 Å². The van der Waals surface area contributed by atoms with Crippen molar-refractivity contribution in [3.63, 3.8) is 0 Å². The molecule has 1 aromatic heterocycles. The van der Waals surface area contributed by atoms with Crippen LogP contribution in [0.15, 0.2) is 45.8 Å². The van der Waals surface area contributed by atoms with Crippen LogP contribution in [0.1, 0.15) is 5.76 Å². The lowest BCUT2D eigenvalue weighted by Crippen LogP contribution is -2.12. The largest absolute Gasteiger partial charge is 0.461 e. The molecule has 0 radical (unpaired) electrons. The molecule has 4 heteroatoms. The number of furan rings is 1. The van der Waals surface area contributed by atoms with Gasteiger partial charge in [0.1, 0.15) is 17.4 Å². The minimum atomic E-state index is 0.235. The Balaban J connectivity index is 2.24. The van der Waals surface area contributed by atoms with Crippen LogP contribution in [0.2, 0.25) is 0 Å². The number of aryl methyl sites for hydroxylation is 1. The zero-order chi connectivity index (χ0) is 12.3. The minimum absolute atomic E-state index is 0.235. The zero-order valence-electron chi connectivity index (χ0n) is 9.48. The van der Waals surface area contributed by atoms with Gasteiger partial charge in [0.25, 0.3) is 0 Å². The van der Waals surface area contributed by atoms with Gasteiger partial charge in [-0.15, -0.1) is 11.6 Å². The molecule has 0 spiro atoms. The maximum Gasteiger partial charge on any atom is 0.134 e. The van der Waals surface area contributed by atoms with Crippen LogP contribution in [0, 0.1) is 6.92 Å². The number of benzene rings is 1. The molecule has 0 aliphatic rings. The summed E-state index contributed by atoms with van der Waals surface area (Å²) in [4.78, 5) is 4.15. The van der Waals surface area contributed by atoms with E-state index < -0.39 is 0 Å². The van der Waals surface area contributed by atoms with Gasteiger partial charge in [-0.3, -0.25) is 0 Å². The first kappa shape index (κ1) is 11.7. The van der Waals surface area contributed by atoms with Gasteiger partial charge in [-0.1, -0.05) is 0 Å². The molecule has 0 atom stereocenters. The summed E-state index contributed by atoms with van der Waals surface area (Å²) in [5.41, 5.74) is 7.36. The Kier molecular flexibility index (Phi) is 3.49. The Hall–Kier alpha value is -1.74. The van der Waals surface area contributed by atoms with E-state index in [2.05, 4.69) is 4.99 Å². The van der Waals surface area contributed by atoms with Gasteiger partial charge in [-0.05, 0) is 43.3 Å². The van der Waals surface area contributed by atoms with Gasteiger partial charge in [0, 0.05) is 5.56 Å². The maximum absolute atomic E-state index is 5.56. The highest BCUT2D eigenvalue weighted by atomic mass is 35.5. The van der Waals surface area contributed by atoms with Gasteiger partial charge in [-0.2, -0.15) is 0 Å². The van der Waals surface area contributed by atoms with Crippen LogP contribution in [0.5, 0.6) is 0 Å². The van der Waals surface area contributed by atoms with Crippen LogP contribution in [0.25, 0.3) is 11.3 Å². The molecule has 3 nitrogen and oxygen atoms in total. The zero-order valence-corrected chi connectivity index (χ0v) is 10.2. The standard InChI is InChI=1S/C13H13ClN2O/c1-9-2-7-12(17-9)10-3-5-11(6-4-10)16-13(15)8-14/h2-7H,8H2,1H3,(H2,15,16). The number of amidine groups is 1. The third-order valence-electron chi connectivity index (χ3n) is 2.30. The van der Waals surface area contributed by atoms with Gasteiger partial charge in [0.2, 0.25) is 0 Å². The van der Waals surface area contributed by atoms with E-state index in [9.17, 15) is 0 Å². The highest BCUT2D eigenvalue weighted by Crippen LogP contribution is 2.24. The molecule has 0 saturated carbocycles. The van der Waals surface area contributed by atoms with Crippen molar-refractivity contribution in [3.8, 4) is 11.3 Å². The molecule has 17 heavy (non-hydrogen) atoms. The van der Waals surface area contributed by atoms with Crippen molar-refractivity contribution in [1.82, 2.24) is 0 Å². The Labute approximate surface area is 105 Å². The first-order valence-corrected chi connectivity index (χ1v) is 5.78. The van der Waals surface area contributed by atoms with E-state index in [0.717, 1.165) is 22.8 Å². The number of nitrogens with zero attached hydrogens (tertiary/aromatic N) is 1.